The standard InChI is InChI=1S/C20H30N2O5/c1-20(2,3)27-19(25)22-12-11-21(14-17(22)10-7-13-23)18(24)26-15-16-8-5-4-6-9-16/h4-6,8-9,17,23H,7,10-15H2,1-3H3/t17-/m1/s1. The smallest absolute Gasteiger partial charge is 0.410 e. The largest absolute Gasteiger partial charge is 0.445 e. The highest BCUT2D eigenvalue weighted by Crippen LogP contribution is 2.19. The van der Waals surface area contributed by atoms with Crippen molar-refractivity contribution >= 4 is 12.2 Å². The topological polar surface area (TPSA) is 79.3 Å². The van der Waals surface area contributed by atoms with Crippen LogP contribution in [-0.4, -0.2) is 65.0 Å². The van der Waals surface area contributed by atoms with Crippen LogP contribution in [0.3, 0.4) is 0 Å². The first-order valence-electron chi connectivity index (χ1n) is 9.36. The molecule has 0 aromatic heterocycles. The summed E-state index contributed by atoms with van der Waals surface area (Å²) in [6.07, 6.45) is 0.370. The molecule has 150 valence electrons. The van der Waals surface area contributed by atoms with Crippen molar-refractivity contribution < 1.29 is 24.2 Å². The van der Waals surface area contributed by atoms with Crippen molar-refractivity contribution in [3.05, 3.63) is 35.9 Å². The molecule has 1 aromatic carbocycles. The summed E-state index contributed by atoms with van der Waals surface area (Å²) >= 11 is 0. The molecule has 7 heteroatoms. The summed E-state index contributed by atoms with van der Waals surface area (Å²) in [4.78, 5) is 28.2. The minimum atomic E-state index is -0.579. The lowest BCUT2D eigenvalue weighted by Crippen LogP contribution is -2.57. The van der Waals surface area contributed by atoms with Gasteiger partial charge in [0.05, 0.1) is 6.04 Å². The summed E-state index contributed by atoms with van der Waals surface area (Å²) in [5.74, 6) is 0. The van der Waals surface area contributed by atoms with Crippen molar-refractivity contribution in [3.63, 3.8) is 0 Å². The fourth-order valence-corrected chi connectivity index (χ4v) is 2.97. The number of hydrogen-bond acceptors (Lipinski definition) is 5. The second-order valence-corrected chi connectivity index (χ2v) is 7.68. The molecule has 2 rings (SSSR count). The first-order valence-corrected chi connectivity index (χ1v) is 9.36. The molecule has 1 atom stereocenters. The molecule has 0 radical (unpaired) electrons. The van der Waals surface area contributed by atoms with E-state index in [-0.39, 0.29) is 25.3 Å². The lowest BCUT2D eigenvalue weighted by Gasteiger charge is -2.41. The molecule has 27 heavy (non-hydrogen) atoms. The van der Waals surface area contributed by atoms with Crippen molar-refractivity contribution in [2.75, 3.05) is 26.2 Å². The second-order valence-electron chi connectivity index (χ2n) is 7.68. The second kappa shape index (κ2) is 9.60. The van der Waals surface area contributed by atoms with Crippen LogP contribution in [0.2, 0.25) is 0 Å². The van der Waals surface area contributed by atoms with Gasteiger partial charge in [-0.25, -0.2) is 9.59 Å². The number of piperazine rings is 1. The van der Waals surface area contributed by atoms with Crippen LogP contribution in [0.25, 0.3) is 0 Å². The van der Waals surface area contributed by atoms with Gasteiger partial charge in [0.2, 0.25) is 0 Å². The summed E-state index contributed by atoms with van der Waals surface area (Å²) in [6.45, 7) is 6.87. The Morgan fingerprint density at radius 1 is 1.15 bits per heavy atom. The van der Waals surface area contributed by atoms with Crippen LogP contribution in [-0.2, 0) is 16.1 Å². The zero-order chi connectivity index (χ0) is 19.9. The van der Waals surface area contributed by atoms with E-state index in [0.29, 0.717) is 32.5 Å². The van der Waals surface area contributed by atoms with Crippen molar-refractivity contribution in [1.82, 2.24) is 9.80 Å². The van der Waals surface area contributed by atoms with E-state index in [0.717, 1.165) is 5.56 Å². The van der Waals surface area contributed by atoms with Crippen molar-refractivity contribution in [1.29, 1.82) is 0 Å². The van der Waals surface area contributed by atoms with Gasteiger partial charge in [0, 0.05) is 26.2 Å². The predicted molar refractivity (Wildman–Crippen MR) is 101 cm³/mol. The monoisotopic (exact) mass is 378 g/mol. The van der Waals surface area contributed by atoms with Crippen LogP contribution >= 0.6 is 0 Å². The first kappa shape index (κ1) is 21.0. The average Bonchev–Trinajstić information content (AvgIpc) is 2.63. The third kappa shape index (κ3) is 6.75. The van der Waals surface area contributed by atoms with Crippen LogP contribution in [0, 0.1) is 0 Å². The van der Waals surface area contributed by atoms with E-state index in [1.807, 2.05) is 51.1 Å². The van der Waals surface area contributed by atoms with Gasteiger partial charge in [-0.2, -0.15) is 0 Å². The number of rotatable bonds is 5. The molecule has 0 unspecified atom stereocenters. The van der Waals surface area contributed by atoms with Gasteiger partial charge in [0.25, 0.3) is 0 Å². The van der Waals surface area contributed by atoms with Crippen LogP contribution in [0.1, 0.15) is 39.2 Å². The van der Waals surface area contributed by atoms with Crippen molar-refractivity contribution in [2.45, 2.75) is 51.9 Å². The summed E-state index contributed by atoms with van der Waals surface area (Å²) < 4.78 is 10.9. The average molecular weight is 378 g/mol. The summed E-state index contributed by atoms with van der Waals surface area (Å²) in [5.41, 5.74) is 0.347. The molecule has 1 aliphatic heterocycles. The highest BCUT2D eigenvalue weighted by atomic mass is 16.6. The third-order valence-corrected chi connectivity index (χ3v) is 4.27. The van der Waals surface area contributed by atoms with E-state index in [9.17, 15) is 9.59 Å². The van der Waals surface area contributed by atoms with Gasteiger partial charge in [-0.1, -0.05) is 30.3 Å². The number of benzene rings is 1. The number of ether oxygens (including phenoxy) is 2. The van der Waals surface area contributed by atoms with Gasteiger partial charge < -0.3 is 24.4 Å². The number of nitrogens with zero attached hydrogens (tertiary/aromatic N) is 2. The van der Waals surface area contributed by atoms with E-state index < -0.39 is 11.7 Å². The minimum absolute atomic E-state index is 0.0388. The molecule has 1 heterocycles. The molecule has 1 N–H and O–H groups in total. The van der Waals surface area contributed by atoms with E-state index in [1.165, 1.54) is 0 Å². The maximum absolute atomic E-state index is 12.5. The lowest BCUT2D eigenvalue weighted by molar-refractivity contribution is -0.00528. The Kier molecular flexibility index (Phi) is 7.47. The van der Waals surface area contributed by atoms with Crippen molar-refractivity contribution in [2.24, 2.45) is 0 Å². The fourth-order valence-electron chi connectivity index (χ4n) is 2.97. The molecule has 1 aromatic rings. The number of hydrogen-bond donors (Lipinski definition) is 1. The number of carbonyl (C=O) groups is 2. The molecule has 0 saturated carbocycles. The number of aliphatic hydroxyl groups is 1. The Labute approximate surface area is 160 Å². The van der Waals surface area contributed by atoms with Crippen LogP contribution in [0.15, 0.2) is 30.3 Å². The SMILES string of the molecule is CC(C)(C)OC(=O)N1CCN(C(=O)OCc2ccccc2)C[C@H]1CCCO. The summed E-state index contributed by atoms with van der Waals surface area (Å²) in [5, 5.41) is 9.15. The van der Waals surface area contributed by atoms with Crippen LogP contribution in [0.4, 0.5) is 9.59 Å². The van der Waals surface area contributed by atoms with Gasteiger partial charge in [0.15, 0.2) is 0 Å². The van der Waals surface area contributed by atoms with Gasteiger partial charge in [-0.05, 0) is 39.2 Å². The highest BCUT2D eigenvalue weighted by molar-refractivity contribution is 5.71. The van der Waals surface area contributed by atoms with Crippen LogP contribution < -0.4 is 0 Å². The van der Waals surface area contributed by atoms with Crippen molar-refractivity contribution in [3.8, 4) is 0 Å². The zero-order valence-electron chi connectivity index (χ0n) is 16.4. The lowest BCUT2D eigenvalue weighted by atomic mass is 10.1. The normalized spacial score (nSPS) is 17.6. The number of carbonyl (C=O) groups excluding carboxylic acids is 2. The van der Waals surface area contributed by atoms with E-state index in [1.54, 1.807) is 9.80 Å². The number of aliphatic hydroxyl groups excluding tert-OH is 1. The molecule has 0 bridgehead atoms. The Bertz CT molecular complexity index is 615. The molecular formula is C20H30N2O5. The van der Waals surface area contributed by atoms with Gasteiger partial charge in [0.1, 0.15) is 12.2 Å². The molecule has 1 aliphatic rings. The first-order chi connectivity index (χ1) is 12.8. The van der Waals surface area contributed by atoms with E-state index >= 15 is 0 Å². The molecule has 0 spiro atoms. The molecule has 0 aliphatic carbocycles. The Balaban J connectivity index is 1.95. The molecule has 2 amide bonds. The quantitative estimate of drug-likeness (QED) is 0.852. The Morgan fingerprint density at radius 2 is 1.85 bits per heavy atom. The Morgan fingerprint density at radius 3 is 2.48 bits per heavy atom. The van der Waals surface area contributed by atoms with Gasteiger partial charge in [-0.15, -0.1) is 0 Å². The number of amides is 2. The maximum Gasteiger partial charge on any atom is 0.410 e. The van der Waals surface area contributed by atoms with E-state index in [2.05, 4.69) is 0 Å². The van der Waals surface area contributed by atoms with Crippen LogP contribution in [0.5, 0.6) is 0 Å². The fraction of sp³-hybridized carbons (Fsp3) is 0.600. The summed E-state index contributed by atoms with van der Waals surface area (Å²) in [6, 6.07) is 9.30. The predicted octanol–water partition coefficient (Wildman–Crippen LogP) is 3.02. The van der Waals surface area contributed by atoms with E-state index in [4.69, 9.17) is 14.6 Å². The Hall–Kier alpha value is -2.28. The maximum atomic E-state index is 12.5. The molecule has 7 nitrogen and oxygen atoms in total. The molecular weight excluding hydrogens is 348 g/mol. The molecule has 1 saturated heterocycles. The summed E-state index contributed by atoms with van der Waals surface area (Å²) in [7, 11) is 0. The minimum Gasteiger partial charge on any atom is -0.445 e. The third-order valence-electron chi connectivity index (χ3n) is 4.27. The molecule has 1 fully saturated rings. The van der Waals surface area contributed by atoms with Gasteiger partial charge in [-0.3, -0.25) is 0 Å². The zero-order valence-corrected chi connectivity index (χ0v) is 16.4. The van der Waals surface area contributed by atoms with Gasteiger partial charge >= 0.3 is 12.2 Å². The highest BCUT2D eigenvalue weighted by Gasteiger charge is 2.35.